The molecule has 2 heterocycles. The highest BCUT2D eigenvalue weighted by atomic mass is 32.2. The standard InChI is InChI=1S/C12H13N3O2S2/c16-11-5-19-10-2-1-7(3-8(10)15-11)14-12(17)9-4-18-6-13-9/h1-3,9,13H,4-6H2,(H,14,17)(H,15,16). The lowest BCUT2D eigenvalue weighted by Crippen LogP contribution is -2.37. The summed E-state index contributed by atoms with van der Waals surface area (Å²) in [6.07, 6.45) is 0. The van der Waals surface area contributed by atoms with E-state index in [9.17, 15) is 9.59 Å². The summed E-state index contributed by atoms with van der Waals surface area (Å²) in [5.74, 6) is 2.02. The van der Waals surface area contributed by atoms with Crippen LogP contribution in [-0.4, -0.2) is 35.2 Å². The molecule has 2 aliphatic rings. The minimum absolute atomic E-state index is 0.00478. The first kappa shape index (κ1) is 12.8. The largest absolute Gasteiger partial charge is 0.325 e. The lowest BCUT2D eigenvalue weighted by molar-refractivity contribution is -0.117. The molecule has 1 aromatic carbocycles. The van der Waals surface area contributed by atoms with Crippen LogP contribution in [0.15, 0.2) is 23.1 Å². The Morgan fingerprint density at radius 3 is 3.11 bits per heavy atom. The summed E-state index contributed by atoms with van der Waals surface area (Å²) in [7, 11) is 0. The Bertz CT molecular complexity index is 530. The average Bonchev–Trinajstić information content (AvgIpc) is 2.92. The Hall–Kier alpha value is -1.18. The fourth-order valence-corrected chi connectivity index (χ4v) is 3.68. The van der Waals surface area contributed by atoms with Gasteiger partial charge in [0.05, 0.1) is 17.5 Å². The van der Waals surface area contributed by atoms with Gasteiger partial charge in [-0.3, -0.25) is 14.9 Å². The van der Waals surface area contributed by atoms with Gasteiger partial charge in [-0.25, -0.2) is 0 Å². The van der Waals surface area contributed by atoms with Crippen LogP contribution in [0.5, 0.6) is 0 Å². The quantitative estimate of drug-likeness (QED) is 0.768. The van der Waals surface area contributed by atoms with E-state index >= 15 is 0 Å². The third-order valence-corrected chi connectivity index (χ3v) is 4.93. The highest BCUT2D eigenvalue weighted by molar-refractivity contribution is 8.00. The molecule has 0 bridgehead atoms. The molecule has 1 unspecified atom stereocenters. The van der Waals surface area contributed by atoms with Gasteiger partial charge >= 0.3 is 0 Å². The second kappa shape index (κ2) is 5.44. The van der Waals surface area contributed by atoms with Gasteiger partial charge < -0.3 is 10.6 Å². The summed E-state index contributed by atoms with van der Waals surface area (Å²) in [5, 5.41) is 8.81. The van der Waals surface area contributed by atoms with Crippen molar-refractivity contribution in [3.63, 3.8) is 0 Å². The summed E-state index contributed by atoms with van der Waals surface area (Å²) < 4.78 is 0. The molecule has 1 atom stereocenters. The van der Waals surface area contributed by atoms with Crippen LogP contribution < -0.4 is 16.0 Å². The number of carbonyl (C=O) groups excluding carboxylic acids is 2. The van der Waals surface area contributed by atoms with Crippen molar-refractivity contribution < 1.29 is 9.59 Å². The van der Waals surface area contributed by atoms with Crippen molar-refractivity contribution in [1.82, 2.24) is 5.32 Å². The van der Waals surface area contributed by atoms with Gasteiger partial charge in [0.2, 0.25) is 11.8 Å². The van der Waals surface area contributed by atoms with Crippen molar-refractivity contribution in [2.24, 2.45) is 0 Å². The summed E-state index contributed by atoms with van der Waals surface area (Å²) in [4.78, 5) is 24.3. The molecule has 5 nitrogen and oxygen atoms in total. The number of hydrogen-bond acceptors (Lipinski definition) is 5. The van der Waals surface area contributed by atoms with Gasteiger partial charge in [0.25, 0.3) is 0 Å². The fourth-order valence-electron chi connectivity index (χ4n) is 1.95. The Morgan fingerprint density at radius 1 is 1.42 bits per heavy atom. The van der Waals surface area contributed by atoms with E-state index in [4.69, 9.17) is 0 Å². The van der Waals surface area contributed by atoms with Crippen LogP contribution in [0.4, 0.5) is 11.4 Å². The molecule has 3 rings (SSSR count). The zero-order valence-electron chi connectivity index (χ0n) is 10.1. The van der Waals surface area contributed by atoms with Crippen molar-refractivity contribution in [2.75, 3.05) is 28.0 Å². The van der Waals surface area contributed by atoms with Crippen LogP contribution >= 0.6 is 23.5 Å². The molecule has 19 heavy (non-hydrogen) atoms. The smallest absolute Gasteiger partial charge is 0.242 e. The summed E-state index contributed by atoms with van der Waals surface area (Å²) in [6.45, 7) is 0. The van der Waals surface area contributed by atoms with Crippen LogP contribution in [0.3, 0.4) is 0 Å². The third-order valence-electron chi connectivity index (χ3n) is 2.91. The maximum absolute atomic E-state index is 12.0. The molecule has 0 radical (unpaired) electrons. The van der Waals surface area contributed by atoms with Crippen molar-refractivity contribution >= 4 is 46.7 Å². The van der Waals surface area contributed by atoms with Gasteiger partial charge in [-0.1, -0.05) is 0 Å². The Kier molecular flexibility index (Phi) is 3.67. The van der Waals surface area contributed by atoms with Crippen molar-refractivity contribution in [3.8, 4) is 0 Å². The fraction of sp³-hybridized carbons (Fsp3) is 0.333. The molecule has 2 amide bonds. The monoisotopic (exact) mass is 295 g/mol. The third kappa shape index (κ3) is 2.88. The van der Waals surface area contributed by atoms with E-state index in [1.807, 2.05) is 12.1 Å². The predicted octanol–water partition coefficient (Wildman–Crippen LogP) is 1.33. The number of amides is 2. The molecular formula is C12H13N3O2S2. The summed E-state index contributed by atoms with van der Waals surface area (Å²) in [5.41, 5.74) is 1.48. The molecule has 3 N–H and O–H groups in total. The maximum atomic E-state index is 12.0. The van der Waals surface area contributed by atoms with Crippen molar-refractivity contribution in [1.29, 1.82) is 0 Å². The Balaban J connectivity index is 1.73. The van der Waals surface area contributed by atoms with Gasteiger partial charge in [0, 0.05) is 22.2 Å². The van der Waals surface area contributed by atoms with Crippen molar-refractivity contribution in [2.45, 2.75) is 10.9 Å². The zero-order valence-corrected chi connectivity index (χ0v) is 11.7. The van der Waals surface area contributed by atoms with Crippen LogP contribution in [0.25, 0.3) is 0 Å². The van der Waals surface area contributed by atoms with E-state index in [0.717, 1.165) is 22.2 Å². The second-order valence-electron chi connectivity index (χ2n) is 4.31. The number of hydrogen-bond donors (Lipinski definition) is 3. The number of thioether (sulfide) groups is 2. The molecule has 0 saturated carbocycles. The Morgan fingerprint density at radius 2 is 2.32 bits per heavy atom. The van der Waals surface area contributed by atoms with Crippen LogP contribution in [0.2, 0.25) is 0 Å². The summed E-state index contributed by atoms with van der Waals surface area (Å²) >= 11 is 3.22. The minimum Gasteiger partial charge on any atom is -0.325 e. The predicted molar refractivity (Wildman–Crippen MR) is 78.7 cm³/mol. The molecule has 2 aliphatic heterocycles. The number of benzene rings is 1. The van der Waals surface area contributed by atoms with Gasteiger partial charge in [-0.15, -0.1) is 23.5 Å². The number of fused-ring (bicyclic) bond motifs is 1. The number of rotatable bonds is 2. The molecule has 0 aromatic heterocycles. The molecule has 0 aliphatic carbocycles. The first-order valence-corrected chi connectivity index (χ1v) is 8.05. The molecule has 1 aromatic rings. The number of anilines is 2. The van der Waals surface area contributed by atoms with E-state index in [1.54, 1.807) is 17.8 Å². The first-order chi connectivity index (χ1) is 9.22. The average molecular weight is 295 g/mol. The van der Waals surface area contributed by atoms with Gasteiger partial charge in [0.1, 0.15) is 0 Å². The number of nitrogens with one attached hydrogen (secondary N) is 3. The molecule has 7 heteroatoms. The highest BCUT2D eigenvalue weighted by Gasteiger charge is 2.23. The van der Waals surface area contributed by atoms with E-state index in [-0.39, 0.29) is 17.9 Å². The second-order valence-corrected chi connectivity index (χ2v) is 6.36. The first-order valence-electron chi connectivity index (χ1n) is 5.91. The molecule has 0 spiro atoms. The van der Waals surface area contributed by atoms with Gasteiger partial charge in [-0.2, -0.15) is 0 Å². The molecule has 100 valence electrons. The minimum atomic E-state index is -0.134. The Labute approximate surface area is 119 Å². The lowest BCUT2D eigenvalue weighted by atomic mass is 10.2. The summed E-state index contributed by atoms with van der Waals surface area (Å²) in [6, 6.07) is 5.46. The van der Waals surface area contributed by atoms with E-state index < -0.39 is 0 Å². The van der Waals surface area contributed by atoms with Gasteiger partial charge in [-0.05, 0) is 18.2 Å². The highest BCUT2D eigenvalue weighted by Crippen LogP contribution is 2.33. The van der Waals surface area contributed by atoms with E-state index in [0.29, 0.717) is 11.4 Å². The molecule has 1 saturated heterocycles. The topological polar surface area (TPSA) is 70.2 Å². The zero-order chi connectivity index (χ0) is 13.2. The molecule has 1 fully saturated rings. The van der Waals surface area contributed by atoms with E-state index in [2.05, 4.69) is 16.0 Å². The van der Waals surface area contributed by atoms with Crippen LogP contribution in [0, 0.1) is 0 Å². The molecular weight excluding hydrogens is 282 g/mol. The SMILES string of the molecule is O=C1CSc2ccc(NC(=O)C3CSCN3)cc2N1. The number of carbonyl (C=O) groups is 2. The van der Waals surface area contributed by atoms with Crippen molar-refractivity contribution in [3.05, 3.63) is 18.2 Å². The normalized spacial score (nSPS) is 21.7. The van der Waals surface area contributed by atoms with Crippen LogP contribution in [-0.2, 0) is 9.59 Å². The lowest BCUT2D eigenvalue weighted by Gasteiger charge is -2.18. The van der Waals surface area contributed by atoms with Gasteiger partial charge in [0.15, 0.2) is 0 Å². The maximum Gasteiger partial charge on any atom is 0.242 e. The van der Waals surface area contributed by atoms with E-state index in [1.165, 1.54) is 11.8 Å². The van der Waals surface area contributed by atoms with Crippen LogP contribution in [0.1, 0.15) is 0 Å².